The van der Waals surface area contributed by atoms with Gasteiger partial charge in [0.25, 0.3) is 0 Å². The number of hydrogen-bond donors (Lipinski definition) is 1. The quantitative estimate of drug-likeness (QED) is 0.537. The lowest BCUT2D eigenvalue weighted by Crippen LogP contribution is -2.19. The fourth-order valence-corrected chi connectivity index (χ4v) is 1.17. The molecule has 0 saturated carbocycles. The standard InChI is InChI=1S/C9H6O2/c10-8-2-1-6-3-9(11)5-7(6)4-8/h1-5,10H. The van der Waals surface area contributed by atoms with E-state index in [1.54, 1.807) is 24.3 Å². The highest BCUT2D eigenvalue weighted by Crippen LogP contribution is 1.99. The highest BCUT2D eigenvalue weighted by molar-refractivity contribution is 6.26. The van der Waals surface area contributed by atoms with Crippen molar-refractivity contribution in [3.63, 3.8) is 0 Å². The van der Waals surface area contributed by atoms with Crippen LogP contribution in [0, 0.1) is 0 Å². The van der Waals surface area contributed by atoms with Crippen molar-refractivity contribution < 1.29 is 9.90 Å². The van der Waals surface area contributed by atoms with Crippen LogP contribution in [-0.4, -0.2) is 10.9 Å². The zero-order valence-electron chi connectivity index (χ0n) is 5.74. The first kappa shape index (κ1) is 6.16. The van der Waals surface area contributed by atoms with Gasteiger partial charge in [0, 0.05) is 0 Å². The topological polar surface area (TPSA) is 37.3 Å². The van der Waals surface area contributed by atoms with Crippen molar-refractivity contribution in [2.75, 3.05) is 0 Å². The predicted octanol–water partition coefficient (Wildman–Crippen LogP) is -0.464. The average molecular weight is 146 g/mol. The normalized spacial score (nSPS) is 13.6. The SMILES string of the molecule is O=C1C=c2ccc(O)cc2=C1. The second-order valence-corrected chi connectivity index (χ2v) is 2.50. The van der Waals surface area contributed by atoms with Crippen LogP contribution >= 0.6 is 0 Å². The molecule has 0 aromatic heterocycles. The van der Waals surface area contributed by atoms with E-state index in [-0.39, 0.29) is 11.5 Å². The Morgan fingerprint density at radius 1 is 1.09 bits per heavy atom. The summed E-state index contributed by atoms with van der Waals surface area (Å²) in [6.45, 7) is 0. The number of phenols is 1. The maximum absolute atomic E-state index is 10.8. The number of hydrogen-bond acceptors (Lipinski definition) is 2. The van der Waals surface area contributed by atoms with E-state index >= 15 is 0 Å². The van der Waals surface area contributed by atoms with E-state index in [9.17, 15) is 4.79 Å². The Morgan fingerprint density at radius 3 is 2.64 bits per heavy atom. The Morgan fingerprint density at radius 2 is 1.82 bits per heavy atom. The van der Waals surface area contributed by atoms with Crippen molar-refractivity contribution in [2.24, 2.45) is 0 Å². The molecule has 1 N–H and O–H groups in total. The van der Waals surface area contributed by atoms with Crippen LogP contribution in [0.5, 0.6) is 5.75 Å². The average Bonchev–Trinajstić information content (AvgIpc) is 2.27. The van der Waals surface area contributed by atoms with Crippen molar-refractivity contribution in [2.45, 2.75) is 0 Å². The Bertz CT molecular complexity index is 429. The number of fused-ring (bicyclic) bond motifs is 1. The lowest BCUT2D eigenvalue weighted by atomic mass is 10.2. The molecule has 0 saturated heterocycles. The first-order chi connectivity index (χ1) is 5.25. The smallest absolute Gasteiger partial charge is 0.179 e. The third-order valence-electron chi connectivity index (χ3n) is 1.67. The molecule has 1 aromatic rings. The number of benzene rings is 1. The molecule has 1 aliphatic carbocycles. The van der Waals surface area contributed by atoms with Crippen molar-refractivity contribution in [1.82, 2.24) is 0 Å². The van der Waals surface area contributed by atoms with Crippen LogP contribution in [0.1, 0.15) is 0 Å². The Hall–Kier alpha value is -1.57. The van der Waals surface area contributed by atoms with E-state index in [2.05, 4.69) is 0 Å². The molecule has 0 unspecified atom stereocenters. The molecule has 0 atom stereocenters. The number of ketones is 1. The molecule has 0 bridgehead atoms. The summed E-state index contributed by atoms with van der Waals surface area (Å²) in [6, 6.07) is 4.88. The molecule has 2 rings (SSSR count). The van der Waals surface area contributed by atoms with Gasteiger partial charge in [-0.3, -0.25) is 4.79 Å². The molecule has 1 aliphatic rings. The fraction of sp³-hybridized carbons (Fsp3) is 0. The number of carbonyl (C=O) groups is 1. The van der Waals surface area contributed by atoms with E-state index in [0.717, 1.165) is 10.4 Å². The second kappa shape index (κ2) is 1.95. The summed E-state index contributed by atoms with van der Waals surface area (Å²) in [7, 11) is 0. The van der Waals surface area contributed by atoms with Gasteiger partial charge in [0.2, 0.25) is 0 Å². The lowest BCUT2D eigenvalue weighted by Gasteiger charge is -1.87. The van der Waals surface area contributed by atoms with Crippen LogP contribution in [0.4, 0.5) is 0 Å². The Kier molecular flexibility index (Phi) is 1.09. The van der Waals surface area contributed by atoms with E-state index < -0.39 is 0 Å². The molecule has 54 valence electrons. The van der Waals surface area contributed by atoms with Gasteiger partial charge in [-0.1, -0.05) is 6.07 Å². The van der Waals surface area contributed by atoms with Crippen molar-refractivity contribution >= 4 is 17.9 Å². The number of aromatic hydroxyl groups is 1. The number of phenolic OH excluding ortho intramolecular Hbond substituents is 1. The first-order valence-corrected chi connectivity index (χ1v) is 3.32. The summed E-state index contributed by atoms with van der Waals surface area (Å²) >= 11 is 0. The molecule has 0 aliphatic heterocycles. The molecule has 0 amide bonds. The minimum Gasteiger partial charge on any atom is -0.508 e. The molecule has 0 spiro atoms. The third kappa shape index (κ3) is 0.923. The van der Waals surface area contributed by atoms with Crippen LogP contribution in [-0.2, 0) is 4.79 Å². The van der Waals surface area contributed by atoms with Gasteiger partial charge < -0.3 is 5.11 Å². The molecule has 2 heteroatoms. The predicted molar refractivity (Wildman–Crippen MR) is 41.3 cm³/mol. The summed E-state index contributed by atoms with van der Waals surface area (Å²) < 4.78 is 0. The Balaban J connectivity index is 2.89. The van der Waals surface area contributed by atoms with Gasteiger partial charge >= 0.3 is 0 Å². The van der Waals surface area contributed by atoms with Gasteiger partial charge in [0.15, 0.2) is 5.78 Å². The molecular formula is C9H6O2. The minimum atomic E-state index is -0.00870. The van der Waals surface area contributed by atoms with Crippen LogP contribution in [0.25, 0.3) is 12.2 Å². The number of carbonyl (C=O) groups excluding carboxylic acids is 1. The molecule has 0 heterocycles. The van der Waals surface area contributed by atoms with Crippen LogP contribution < -0.4 is 10.4 Å². The lowest BCUT2D eigenvalue weighted by molar-refractivity contribution is -0.107. The summed E-state index contributed by atoms with van der Waals surface area (Å²) in [5.41, 5.74) is 0. The molecule has 2 nitrogen and oxygen atoms in total. The summed E-state index contributed by atoms with van der Waals surface area (Å²) in [5, 5.41) is 10.7. The van der Waals surface area contributed by atoms with Crippen molar-refractivity contribution in [1.29, 1.82) is 0 Å². The largest absolute Gasteiger partial charge is 0.508 e. The zero-order valence-corrected chi connectivity index (χ0v) is 5.74. The second-order valence-electron chi connectivity index (χ2n) is 2.50. The third-order valence-corrected chi connectivity index (χ3v) is 1.67. The van der Waals surface area contributed by atoms with Gasteiger partial charge in [0.05, 0.1) is 0 Å². The minimum absolute atomic E-state index is 0.00870. The molecule has 11 heavy (non-hydrogen) atoms. The maximum atomic E-state index is 10.8. The van der Waals surface area contributed by atoms with E-state index in [4.69, 9.17) is 5.11 Å². The summed E-state index contributed by atoms with van der Waals surface area (Å²) in [6.07, 6.45) is 3.06. The number of rotatable bonds is 0. The molecule has 1 aromatic carbocycles. The highest BCUT2D eigenvalue weighted by Gasteiger charge is 2.00. The van der Waals surface area contributed by atoms with Gasteiger partial charge in [-0.05, 0) is 34.7 Å². The van der Waals surface area contributed by atoms with Gasteiger partial charge in [-0.2, -0.15) is 0 Å². The van der Waals surface area contributed by atoms with Gasteiger partial charge in [-0.25, -0.2) is 0 Å². The van der Waals surface area contributed by atoms with Gasteiger partial charge in [-0.15, -0.1) is 0 Å². The summed E-state index contributed by atoms with van der Waals surface area (Å²) in [4.78, 5) is 10.8. The van der Waals surface area contributed by atoms with Gasteiger partial charge in [0.1, 0.15) is 5.75 Å². The van der Waals surface area contributed by atoms with E-state index in [1.807, 2.05) is 0 Å². The maximum Gasteiger partial charge on any atom is 0.179 e. The summed E-state index contributed by atoms with van der Waals surface area (Å²) in [5.74, 6) is 0.189. The van der Waals surface area contributed by atoms with Crippen LogP contribution in [0.15, 0.2) is 18.2 Å². The zero-order chi connectivity index (χ0) is 7.84. The molecule has 0 radical (unpaired) electrons. The monoisotopic (exact) mass is 146 g/mol. The molecular weight excluding hydrogens is 140 g/mol. The first-order valence-electron chi connectivity index (χ1n) is 3.32. The van der Waals surface area contributed by atoms with Crippen molar-refractivity contribution in [3.8, 4) is 5.75 Å². The molecule has 0 fully saturated rings. The number of Topliss-reactive ketones (excluding diaryl/α,β-unsaturated/α-hetero) is 1. The van der Waals surface area contributed by atoms with Crippen LogP contribution in [0.3, 0.4) is 0 Å². The highest BCUT2D eigenvalue weighted by atomic mass is 16.3. The van der Waals surface area contributed by atoms with E-state index in [0.29, 0.717) is 0 Å². The van der Waals surface area contributed by atoms with E-state index in [1.165, 1.54) is 6.08 Å². The Labute approximate surface area is 63.1 Å². The fourth-order valence-electron chi connectivity index (χ4n) is 1.17. The van der Waals surface area contributed by atoms with Crippen LogP contribution in [0.2, 0.25) is 0 Å². The van der Waals surface area contributed by atoms with Crippen molar-refractivity contribution in [3.05, 3.63) is 28.6 Å².